The monoisotopic (exact) mass is 416 g/mol. The Morgan fingerprint density at radius 2 is 1.33 bits per heavy atom. The molecule has 154 valence electrons. The van der Waals surface area contributed by atoms with Crippen molar-refractivity contribution < 1.29 is 14.0 Å². The number of rotatable bonds is 5. The van der Waals surface area contributed by atoms with Crippen LogP contribution in [0.4, 0.5) is 0 Å². The first-order valence-electron chi connectivity index (χ1n) is 10.4. The number of carbonyl (C=O) groups excluding carboxylic acids is 1. The van der Waals surface area contributed by atoms with Crippen molar-refractivity contribution in [2.75, 3.05) is 0 Å². The van der Waals surface area contributed by atoms with Gasteiger partial charge in [-0.25, -0.2) is 0 Å². The molecule has 0 unspecified atom stereocenters. The molecule has 1 atom stereocenters. The lowest BCUT2D eigenvalue weighted by Gasteiger charge is -2.53. The van der Waals surface area contributed by atoms with Crippen molar-refractivity contribution in [2.45, 2.75) is 44.0 Å². The first-order valence-corrected chi connectivity index (χ1v) is 13.8. The molecule has 0 radical (unpaired) electrons. The van der Waals surface area contributed by atoms with Crippen LogP contribution < -0.4 is 4.74 Å². The average Bonchev–Trinajstić information content (AvgIpc) is 2.72. The molecule has 1 heterocycles. The highest BCUT2D eigenvalue weighted by Gasteiger charge is 2.57. The summed E-state index contributed by atoms with van der Waals surface area (Å²) in [6, 6.07) is 28.5. The van der Waals surface area contributed by atoms with Crippen molar-refractivity contribution in [1.82, 2.24) is 0 Å². The minimum Gasteiger partial charge on any atom is -0.426 e. The molecule has 0 N–H and O–H groups in total. The van der Waals surface area contributed by atoms with Crippen LogP contribution in [-0.2, 0) is 20.2 Å². The fourth-order valence-electron chi connectivity index (χ4n) is 4.71. The minimum atomic E-state index is -2.08. The number of hydrogen-bond donors (Lipinski definition) is 0. The summed E-state index contributed by atoms with van der Waals surface area (Å²) in [4.78, 5) is 12.8. The number of ether oxygens (including phenoxy) is 1. The predicted molar refractivity (Wildman–Crippen MR) is 122 cm³/mol. The Kier molecular flexibility index (Phi) is 5.16. The molecule has 4 heteroatoms. The smallest absolute Gasteiger partial charge is 0.312 e. The van der Waals surface area contributed by atoms with Crippen molar-refractivity contribution in [2.24, 2.45) is 0 Å². The Hall–Kier alpha value is -2.69. The Morgan fingerprint density at radius 1 is 0.833 bits per heavy atom. The van der Waals surface area contributed by atoms with Gasteiger partial charge in [-0.1, -0.05) is 85.8 Å². The Bertz CT molecular complexity index is 1000. The van der Waals surface area contributed by atoms with Gasteiger partial charge in [-0.3, -0.25) is 4.79 Å². The van der Waals surface area contributed by atoms with Crippen LogP contribution >= 0.6 is 0 Å². The summed E-state index contributed by atoms with van der Waals surface area (Å²) < 4.78 is 12.8. The molecule has 0 fully saturated rings. The SMILES string of the molecule is C[C@@]1(C(O[Si](C)(C)C)(c2ccccc2)c2ccccc2)CC(=O)Oc2ccccc21. The molecule has 0 spiro atoms. The maximum Gasteiger partial charge on any atom is 0.312 e. The molecule has 3 aromatic carbocycles. The zero-order valence-corrected chi connectivity index (χ0v) is 19.0. The first-order chi connectivity index (χ1) is 14.3. The van der Waals surface area contributed by atoms with E-state index in [-0.39, 0.29) is 12.4 Å². The molecule has 3 aromatic rings. The van der Waals surface area contributed by atoms with Crippen molar-refractivity contribution in [3.8, 4) is 5.75 Å². The van der Waals surface area contributed by atoms with Gasteiger partial charge in [0.15, 0.2) is 8.32 Å². The summed E-state index contributed by atoms with van der Waals surface area (Å²) in [5.41, 5.74) is 1.60. The maximum atomic E-state index is 12.8. The largest absolute Gasteiger partial charge is 0.426 e. The summed E-state index contributed by atoms with van der Waals surface area (Å²) in [5.74, 6) is 0.387. The van der Waals surface area contributed by atoms with Gasteiger partial charge < -0.3 is 9.16 Å². The van der Waals surface area contributed by atoms with Crippen molar-refractivity contribution in [3.05, 3.63) is 102 Å². The fourth-order valence-corrected chi connectivity index (χ4v) is 6.09. The van der Waals surface area contributed by atoms with Crippen LogP contribution in [0.5, 0.6) is 5.75 Å². The molecule has 0 saturated carbocycles. The average molecular weight is 417 g/mol. The van der Waals surface area contributed by atoms with Crippen LogP contribution in [0, 0.1) is 0 Å². The van der Waals surface area contributed by atoms with E-state index in [0.29, 0.717) is 5.75 Å². The van der Waals surface area contributed by atoms with Gasteiger partial charge in [0.2, 0.25) is 0 Å². The maximum absolute atomic E-state index is 12.8. The van der Waals surface area contributed by atoms with E-state index < -0.39 is 19.3 Å². The van der Waals surface area contributed by atoms with Gasteiger partial charge in [0.1, 0.15) is 11.4 Å². The van der Waals surface area contributed by atoms with E-state index in [1.807, 2.05) is 54.6 Å². The molecule has 0 saturated heterocycles. The van der Waals surface area contributed by atoms with Gasteiger partial charge in [0.05, 0.1) is 6.42 Å². The van der Waals surface area contributed by atoms with Crippen molar-refractivity contribution in [1.29, 1.82) is 0 Å². The number of benzene rings is 3. The molecule has 0 aliphatic carbocycles. The number of esters is 1. The number of hydrogen-bond acceptors (Lipinski definition) is 3. The molecular formula is C26H28O3Si. The Balaban J connectivity index is 2.11. The molecule has 30 heavy (non-hydrogen) atoms. The number of carbonyl (C=O) groups is 1. The standard InChI is InChI=1S/C26H28O3Si/c1-25(19-24(27)28-23-18-12-11-17-22(23)25)26(29-30(2,3)4,20-13-7-5-8-14-20)21-15-9-6-10-16-21/h5-18H,19H2,1-4H3/t25-/m1/s1. The van der Waals surface area contributed by atoms with Gasteiger partial charge in [-0.15, -0.1) is 0 Å². The van der Waals surface area contributed by atoms with Gasteiger partial charge in [0.25, 0.3) is 0 Å². The van der Waals surface area contributed by atoms with Crippen LogP contribution in [0.15, 0.2) is 84.9 Å². The highest BCUT2D eigenvalue weighted by molar-refractivity contribution is 6.69. The molecule has 4 rings (SSSR count). The summed E-state index contributed by atoms with van der Waals surface area (Å²) in [5, 5.41) is 0. The van der Waals surface area contributed by atoms with Gasteiger partial charge in [-0.05, 0) is 36.8 Å². The minimum absolute atomic E-state index is 0.230. The van der Waals surface area contributed by atoms with Gasteiger partial charge >= 0.3 is 5.97 Å². The lowest BCUT2D eigenvalue weighted by atomic mass is 9.60. The third-order valence-corrected chi connectivity index (χ3v) is 6.72. The summed E-state index contributed by atoms with van der Waals surface area (Å²) >= 11 is 0. The zero-order valence-electron chi connectivity index (χ0n) is 18.0. The van der Waals surface area contributed by atoms with E-state index in [9.17, 15) is 4.79 Å². The predicted octanol–water partition coefficient (Wildman–Crippen LogP) is 6.05. The van der Waals surface area contributed by atoms with Gasteiger partial charge in [0, 0.05) is 11.0 Å². The topological polar surface area (TPSA) is 35.5 Å². The Morgan fingerprint density at radius 3 is 1.87 bits per heavy atom. The van der Waals surface area contributed by atoms with E-state index in [1.165, 1.54) is 0 Å². The van der Waals surface area contributed by atoms with Crippen molar-refractivity contribution >= 4 is 14.3 Å². The first kappa shape index (κ1) is 20.6. The number of fused-ring (bicyclic) bond motifs is 1. The molecule has 1 aliphatic heterocycles. The molecule has 0 amide bonds. The van der Waals surface area contributed by atoms with E-state index >= 15 is 0 Å². The zero-order chi connectivity index (χ0) is 21.4. The van der Waals surface area contributed by atoms with Crippen LogP contribution in [0.2, 0.25) is 19.6 Å². The van der Waals surface area contributed by atoms with Crippen LogP contribution in [0.1, 0.15) is 30.0 Å². The van der Waals surface area contributed by atoms with Crippen molar-refractivity contribution in [3.63, 3.8) is 0 Å². The van der Waals surface area contributed by atoms with E-state index in [1.54, 1.807) is 0 Å². The second kappa shape index (κ2) is 7.53. The molecule has 1 aliphatic rings. The summed E-state index contributed by atoms with van der Waals surface area (Å²) in [7, 11) is -2.08. The normalized spacial score (nSPS) is 19.1. The Labute approximate surface area is 179 Å². The molecule has 0 bridgehead atoms. The third-order valence-electron chi connectivity index (χ3n) is 5.80. The third kappa shape index (κ3) is 3.40. The molecule has 0 aromatic heterocycles. The summed E-state index contributed by atoms with van der Waals surface area (Å²) in [6.07, 6.45) is 0.234. The second-order valence-corrected chi connectivity index (χ2v) is 13.5. The van der Waals surface area contributed by atoms with E-state index in [2.05, 4.69) is 56.9 Å². The molecular weight excluding hydrogens is 388 g/mol. The summed E-state index contributed by atoms with van der Waals surface area (Å²) in [6.45, 7) is 8.74. The van der Waals surface area contributed by atoms with E-state index in [4.69, 9.17) is 9.16 Å². The lowest BCUT2D eigenvalue weighted by Crippen LogP contribution is -2.57. The van der Waals surface area contributed by atoms with Crippen LogP contribution in [-0.4, -0.2) is 14.3 Å². The quantitative estimate of drug-likeness (QED) is 0.289. The van der Waals surface area contributed by atoms with Gasteiger partial charge in [-0.2, -0.15) is 0 Å². The second-order valence-electron chi connectivity index (χ2n) is 9.11. The number of para-hydroxylation sites is 1. The molecule has 3 nitrogen and oxygen atoms in total. The van der Waals surface area contributed by atoms with Crippen LogP contribution in [0.3, 0.4) is 0 Å². The van der Waals surface area contributed by atoms with Crippen LogP contribution in [0.25, 0.3) is 0 Å². The highest BCUT2D eigenvalue weighted by atomic mass is 28.4. The fraction of sp³-hybridized carbons (Fsp3) is 0.269. The highest BCUT2D eigenvalue weighted by Crippen LogP contribution is 2.56. The lowest BCUT2D eigenvalue weighted by molar-refractivity contribution is -0.140. The van der Waals surface area contributed by atoms with E-state index in [0.717, 1.165) is 16.7 Å².